The van der Waals surface area contributed by atoms with Gasteiger partial charge in [0.15, 0.2) is 11.5 Å². The molecule has 1 unspecified atom stereocenters. The van der Waals surface area contributed by atoms with Gasteiger partial charge in [0.2, 0.25) is 0 Å². The molecule has 1 aliphatic rings. The van der Waals surface area contributed by atoms with E-state index in [1.54, 1.807) is 26.5 Å². The highest BCUT2D eigenvalue weighted by Crippen LogP contribution is 2.34. The number of hydrogen-bond acceptors (Lipinski definition) is 9. The van der Waals surface area contributed by atoms with Crippen molar-refractivity contribution in [1.82, 2.24) is 14.3 Å². The van der Waals surface area contributed by atoms with Crippen LogP contribution >= 0.6 is 24.0 Å². The first-order valence-corrected chi connectivity index (χ1v) is 14.5. The van der Waals surface area contributed by atoms with Crippen molar-refractivity contribution in [2.45, 2.75) is 19.4 Å². The first-order chi connectivity index (χ1) is 20.3. The van der Waals surface area contributed by atoms with Crippen molar-refractivity contribution in [3.05, 3.63) is 104 Å². The van der Waals surface area contributed by atoms with Gasteiger partial charge in [-0.1, -0.05) is 66.4 Å². The second-order valence-electron chi connectivity index (χ2n) is 9.69. The fraction of sp³-hybridized carbons (Fsp3) is 0.226. The Morgan fingerprint density at radius 1 is 1.07 bits per heavy atom. The van der Waals surface area contributed by atoms with Crippen molar-refractivity contribution < 1.29 is 19.4 Å². The smallest absolute Gasteiger partial charge is 0.267 e. The van der Waals surface area contributed by atoms with Gasteiger partial charge in [-0.05, 0) is 54.3 Å². The Kier molecular flexibility index (Phi) is 8.91. The summed E-state index contributed by atoms with van der Waals surface area (Å²) < 4.78 is 12.6. The lowest BCUT2D eigenvalue weighted by Crippen LogP contribution is -2.30. The molecule has 1 fully saturated rings. The highest BCUT2D eigenvalue weighted by atomic mass is 32.2. The van der Waals surface area contributed by atoms with E-state index in [1.807, 2.05) is 61.5 Å². The van der Waals surface area contributed by atoms with Crippen LogP contribution in [0.3, 0.4) is 0 Å². The number of nitrogens with zero attached hydrogens (tertiary/aromatic N) is 3. The molecule has 1 aliphatic heterocycles. The molecule has 0 aliphatic carbocycles. The number of aliphatic hydroxyl groups is 1. The van der Waals surface area contributed by atoms with Crippen LogP contribution in [0.1, 0.15) is 28.4 Å². The van der Waals surface area contributed by atoms with Crippen LogP contribution in [0.15, 0.2) is 76.6 Å². The van der Waals surface area contributed by atoms with Gasteiger partial charge in [-0.15, -0.1) is 0 Å². The maximum Gasteiger partial charge on any atom is 0.267 e. The molecule has 0 spiro atoms. The van der Waals surface area contributed by atoms with Crippen LogP contribution in [0.2, 0.25) is 0 Å². The number of aromatic nitrogens is 2. The van der Waals surface area contributed by atoms with E-state index in [2.05, 4.69) is 10.3 Å². The molecule has 0 bridgehead atoms. The Morgan fingerprint density at radius 2 is 1.83 bits per heavy atom. The number of benzene rings is 2. The summed E-state index contributed by atoms with van der Waals surface area (Å²) in [4.78, 5) is 33.7. The number of carbonyl (C=O) groups excluding carboxylic acids is 1. The van der Waals surface area contributed by atoms with Crippen LogP contribution in [0.25, 0.3) is 11.7 Å². The predicted molar refractivity (Wildman–Crippen MR) is 169 cm³/mol. The van der Waals surface area contributed by atoms with Crippen molar-refractivity contribution in [1.29, 1.82) is 0 Å². The van der Waals surface area contributed by atoms with Crippen molar-refractivity contribution in [3.63, 3.8) is 0 Å². The predicted octanol–water partition coefficient (Wildman–Crippen LogP) is 4.61. The van der Waals surface area contributed by atoms with Gasteiger partial charge < -0.3 is 19.9 Å². The number of thiocarbonyl (C=S) groups is 1. The third kappa shape index (κ3) is 6.18. The van der Waals surface area contributed by atoms with Crippen LogP contribution in [0.4, 0.5) is 5.82 Å². The van der Waals surface area contributed by atoms with Gasteiger partial charge in [0, 0.05) is 19.3 Å². The number of ether oxygens (including phenoxy) is 2. The molecule has 216 valence electrons. The number of pyridine rings is 1. The molecule has 9 nitrogen and oxygen atoms in total. The molecular weight excluding hydrogens is 572 g/mol. The van der Waals surface area contributed by atoms with Gasteiger partial charge >= 0.3 is 0 Å². The fourth-order valence-electron chi connectivity index (χ4n) is 4.61. The number of thioether (sulfide) groups is 1. The van der Waals surface area contributed by atoms with E-state index in [0.29, 0.717) is 39.3 Å². The van der Waals surface area contributed by atoms with Crippen LogP contribution < -0.4 is 20.3 Å². The van der Waals surface area contributed by atoms with E-state index < -0.39 is 6.10 Å². The Balaban J connectivity index is 1.42. The maximum absolute atomic E-state index is 13.7. The van der Waals surface area contributed by atoms with Gasteiger partial charge in [0.1, 0.15) is 15.8 Å². The Bertz CT molecular complexity index is 1740. The Labute approximate surface area is 252 Å². The first-order valence-electron chi connectivity index (χ1n) is 13.2. The summed E-state index contributed by atoms with van der Waals surface area (Å²) in [6.07, 6.45) is 2.96. The van der Waals surface area contributed by atoms with E-state index in [0.717, 1.165) is 28.5 Å². The van der Waals surface area contributed by atoms with Gasteiger partial charge in [0.05, 0.1) is 30.8 Å². The van der Waals surface area contributed by atoms with E-state index in [-0.39, 0.29) is 29.4 Å². The number of nitrogens with one attached hydrogen (secondary N) is 1. The van der Waals surface area contributed by atoms with E-state index in [1.165, 1.54) is 15.4 Å². The molecule has 1 atom stereocenters. The minimum atomic E-state index is -0.827. The summed E-state index contributed by atoms with van der Waals surface area (Å²) in [5.74, 6) is 1.22. The molecule has 42 heavy (non-hydrogen) atoms. The number of aryl methyl sites for hydroxylation is 1. The second kappa shape index (κ2) is 12.8. The number of rotatable bonds is 10. The summed E-state index contributed by atoms with van der Waals surface area (Å²) in [7, 11) is 3.15. The van der Waals surface area contributed by atoms with Crippen molar-refractivity contribution >= 4 is 51.7 Å². The summed E-state index contributed by atoms with van der Waals surface area (Å²) in [6.45, 7) is 2.36. The number of fused-ring (bicyclic) bond motifs is 1. The molecule has 5 rings (SSSR count). The number of anilines is 1. The van der Waals surface area contributed by atoms with Crippen molar-refractivity contribution in [2.75, 3.05) is 32.6 Å². The standard InChI is InChI=1S/C31H30N4O5S2/c1-19-9-12-27-33-28(32-17-23(36)21-7-5-4-6-8-21)22(29(37)35(27)18-19)16-26-30(38)34(31(41)42-26)14-13-20-10-11-24(39-2)25(15-20)40-3/h4-12,15-16,18,23,32,36H,13-14,17H2,1-3H3. The SMILES string of the molecule is COc1ccc(CCN2C(=O)C(=Cc3c(NCC(O)c4ccccc4)nc4ccc(C)cn4c3=O)SC2=S)cc1OC. The monoisotopic (exact) mass is 602 g/mol. The molecule has 2 N–H and O–H groups in total. The van der Waals surface area contributed by atoms with E-state index >= 15 is 0 Å². The molecule has 2 aromatic heterocycles. The molecule has 1 amide bonds. The van der Waals surface area contributed by atoms with E-state index in [9.17, 15) is 14.7 Å². The lowest BCUT2D eigenvalue weighted by atomic mass is 10.1. The second-order valence-corrected chi connectivity index (χ2v) is 11.4. The minimum Gasteiger partial charge on any atom is -0.493 e. The number of amides is 1. The summed E-state index contributed by atoms with van der Waals surface area (Å²) in [5.41, 5.74) is 2.90. The summed E-state index contributed by atoms with van der Waals surface area (Å²) >= 11 is 6.69. The van der Waals surface area contributed by atoms with Gasteiger partial charge in [-0.25, -0.2) is 4.98 Å². The lowest BCUT2D eigenvalue weighted by molar-refractivity contribution is -0.122. The average molecular weight is 603 g/mol. The third-order valence-corrected chi connectivity index (χ3v) is 8.25. The third-order valence-electron chi connectivity index (χ3n) is 6.87. The molecule has 4 aromatic rings. The molecule has 1 saturated heterocycles. The number of hydrogen-bond donors (Lipinski definition) is 2. The topological polar surface area (TPSA) is 105 Å². The lowest BCUT2D eigenvalue weighted by Gasteiger charge is -2.16. The Hall–Kier alpha value is -4.19. The zero-order valence-electron chi connectivity index (χ0n) is 23.4. The van der Waals surface area contributed by atoms with Crippen LogP contribution in [-0.2, 0) is 11.2 Å². The number of carbonyl (C=O) groups is 1. The molecular formula is C31H30N4O5S2. The number of aliphatic hydroxyl groups excluding tert-OH is 1. The van der Waals surface area contributed by atoms with Crippen molar-refractivity contribution in [2.24, 2.45) is 0 Å². The highest BCUT2D eigenvalue weighted by Gasteiger charge is 2.32. The normalized spacial score (nSPS) is 15.0. The van der Waals surface area contributed by atoms with Gasteiger partial charge in [-0.3, -0.25) is 18.9 Å². The van der Waals surface area contributed by atoms with Gasteiger partial charge in [0.25, 0.3) is 11.5 Å². The largest absolute Gasteiger partial charge is 0.493 e. The molecule has 0 saturated carbocycles. The maximum atomic E-state index is 13.7. The zero-order chi connectivity index (χ0) is 29.8. The van der Waals surface area contributed by atoms with E-state index in [4.69, 9.17) is 21.7 Å². The molecule has 2 aromatic carbocycles. The first kappa shape index (κ1) is 29.3. The van der Waals surface area contributed by atoms with Gasteiger partial charge in [-0.2, -0.15) is 0 Å². The van der Waals surface area contributed by atoms with Crippen LogP contribution in [-0.4, -0.2) is 56.9 Å². The minimum absolute atomic E-state index is 0.117. The average Bonchev–Trinajstić information content (AvgIpc) is 3.28. The molecule has 0 radical (unpaired) electrons. The number of methoxy groups -OCH3 is 2. The fourth-order valence-corrected chi connectivity index (χ4v) is 5.90. The molecule has 3 heterocycles. The molecule has 11 heteroatoms. The van der Waals surface area contributed by atoms with Crippen LogP contribution in [0, 0.1) is 6.92 Å². The Morgan fingerprint density at radius 3 is 2.57 bits per heavy atom. The summed E-state index contributed by atoms with van der Waals surface area (Å²) in [5, 5.41) is 13.8. The zero-order valence-corrected chi connectivity index (χ0v) is 25.0. The summed E-state index contributed by atoms with van der Waals surface area (Å²) in [6, 6.07) is 18.5. The quantitative estimate of drug-likeness (QED) is 0.199. The highest BCUT2D eigenvalue weighted by molar-refractivity contribution is 8.26. The van der Waals surface area contributed by atoms with Crippen molar-refractivity contribution in [3.8, 4) is 11.5 Å². The van der Waals surface area contributed by atoms with Crippen LogP contribution in [0.5, 0.6) is 11.5 Å².